The summed E-state index contributed by atoms with van der Waals surface area (Å²) >= 11 is 2.06. The number of hydrogen-bond acceptors (Lipinski definition) is 5. The van der Waals surface area contributed by atoms with Crippen LogP contribution in [0.15, 0.2) is 35.3 Å². The molecule has 194 valence electrons. The van der Waals surface area contributed by atoms with Crippen molar-refractivity contribution >= 4 is 34.5 Å². The summed E-state index contributed by atoms with van der Waals surface area (Å²) in [7, 11) is 1.44. The molecule has 36 heavy (non-hydrogen) atoms. The average molecular weight is 620 g/mol. The number of aryl methyl sites for hydroxylation is 1. The van der Waals surface area contributed by atoms with E-state index in [0.717, 1.165) is 33.0 Å². The van der Waals surface area contributed by atoms with Gasteiger partial charge in [0.2, 0.25) is 0 Å². The molecule has 7 nitrogen and oxygen atoms in total. The van der Waals surface area contributed by atoms with Crippen molar-refractivity contribution in [3.63, 3.8) is 0 Å². The van der Waals surface area contributed by atoms with Gasteiger partial charge in [-0.05, 0) is 66.1 Å². The Hall–Kier alpha value is -2.74. The van der Waals surface area contributed by atoms with E-state index in [4.69, 9.17) is 9.47 Å². The lowest BCUT2D eigenvalue weighted by molar-refractivity contribution is -0.189. The Morgan fingerprint density at radius 3 is 2.61 bits per heavy atom. The van der Waals surface area contributed by atoms with Crippen molar-refractivity contribution < 1.29 is 27.0 Å². The van der Waals surface area contributed by atoms with Crippen molar-refractivity contribution in [2.24, 2.45) is 0 Å². The van der Waals surface area contributed by atoms with Crippen LogP contribution in [0.1, 0.15) is 43.4 Å². The Balaban J connectivity index is 2.17. The molecule has 0 aliphatic carbocycles. The second-order valence-corrected chi connectivity index (χ2v) is 8.95. The molecule has 0 amide bonds. The van der Waals surface area contributed by atoms with Crippen LogP contribution in [0.25, 0.3) is 17.6 Å². The van der Waals surface area contributed by atoms with Crippen LogP contribution >= 0.6 is 22.6 Å². The molecule has 0 aliphatic heterocycles. The maximum atomic E-state index is 15.5. The number of nitrogens with zero attached hydrogens (tertiary/aromatic N) is 4. The average Bonchev–Trinajstić information content (AvgIpc) is 3.14. The Morgan fingerprint density at radius 1 is 1.28 bits per heavy atom. The molecule has 0 spiro atoms. The van der Waals surface area contributed by atoms with Crippen LogP contribution in [-0.2, 0) is 24.3 Å². The number of benzene rings is 1. The number of pyridine rings is 1. The van der Waals surface area contributed by atoms with Gasteiger partial charge in [0.05, 0.1) is 11.9 Å². The molecular formula is C24H25F4IN4O3. The minimum absolute atomic E-state index is 0.0222. The highest BCUT2D eigenvalue weighted by atomic mass is 127. The molecule has 0 bridgehead atoms. The summed E-state index contributed by atoms with van der Waals surface area (Å²) < 4.78 is 68.7. The smallest absolute Gasteiger partial charge is 0.425 e. The second kappa shape index (κ2) is 11.5. The van der Waals surface area contributed by atoms with Gasteiger partial charge in [-0.15, -0.1) is 5.10 Å². The molecule has 0 saturated carbocycles. The van der Waals surface area contributed by atoms with Crippen molar-refractivity contribution in [1.82, 2.24) is 19.3 Å². The first-order chi connectivity index (χ1) is 17.0. The fourth-order valence-electron chi connectivity index (χ4n) is 3.48. The molecule has 0 radical (unpaired) electrons. The fourth-order valence-corrected chi connectivity index (χ4v) is 4.19. The van der Waals surface area contributed by atoms with Gasteiger partial charge in [-0.1, -0.05) is 19.1 Å². The van der Waals surface area contributed by atoms with Crippen molar-refractivity contribution in [2.45, 2.75) is 52.6 Å². The Kier molecular flexibility index (Phi) is 8.93. The molecule has 0 aliphatic rings. The summed E-state index contributed by atoms with van der Waals surface area (Å²) in [5.74, 6) is -1.03. The molecule has 0 fully saturated rings. The highest BCUT2D eigenvalue weighted by molar-refractivity contribution is 14.1. The van der Waals surface area contributed by atoms with Crippen LogP contribution in [-0.4, -0.2) is 38.7 Å². The lowest BCUT2D eigenvalue weighted by atomic mass is 10.0. The fraction of sp³-hybridized carbons (Fsp3) is 0.375. The minimum atomic E-state index is -4.70. The number of aromatic nitrogens is 4. The third kappa shape index (κ3) is 5.97. The number of hydrogen-bond donors (Lipinski definition) is 0. The SMILES string of the molecule is CCc1cccc(I)c1/C=C(\F)c1ncc(-n2nc(COC)n(CC)c2=O)cc1O[C@@H](C)C(F)(F)F. The van der Waals surface area contributed by atoms with E-state index in [1.807, 2.05) is 19.1 Å². The first-order valence-corrected chi connectivity index (χ1v) is 12.2. The summed E-state index contributed by atoms with van der Waals surface area (Å²) in [6, 6.07) is 6.61. The van der Waals surface area contributed by atoms with E-state index in [9.17, 15) is 18.0 Å². The van der Waals surface area contributed by atoms with Gasteiger partial charge in [0.25, 0.3) is 0 Å². The quantitative estimate of drug-likeness (QED) is 0.232. The molecule has 0 saturated heterocycles. The van der Waals surface area contributed by atoms with E-state index < -0.39 is 35.2 Å². The Bertz CT molecular complexity index is 1320. The zero-order valence-corrected chi connectivity index (χ0v) is 22.2. The summed E-state index contributed by atoms with van der Waals surface area (Å²) in [6.07, 6.45) is -3.94. The highest BCUT2D eigenvalue weighted by Crippen LogP contribution is 2.33. The van der Waals surface area contributed by atoms with Crippen LogP contribution < -0.4 is 10.4 Å². The van der Waals surface area contributed by atoms with E-state index in [0.29, 0.717) is 24.4 Å². The predicted octanol–water partition coefficient (Wildman–Crippen LogP) is 5.56. The first-order valence-electron chi connectivity index (χ1n) is 11.1. The normalized spacial score (nSPS) is 13.2. The molecule has 3 aromatic rings. The summed E-state index contributed by atoms with van der Waals surface area (Å²) in [5, 5.41) is 4.20. The topological polar surface area (TPSA) is 71.2 Å². The maximum Gasteiger partial charge on any atom is 0.425 e. The lowest BCUT2D eigenvalue weighted by Crippen LogP contribution is -2.31. The van der Waals surface area contributed by atoms with E-state index >= 15 is 4.39 Å². The maximum absolute atomic E-state index is 15.5. The van der Waals surface area contributed by atoms with Gasteiger partial charge in [0, 0.05) is 23.3 Å². The molecule has 1 aromatic carbocycles. The number of methoxy groups -OCH3 is 1. The van der Waals surface area contributed by atoms with Crippen LogP contribution in [0.4, 0.5) is 17.6 Å². The van der Waals surface area contributed by atoms with Crippen LogP contribution in [0.3, 0.4) is 0 Å². The predicted molar refractivity (Wildman–Crippen MR) is 136 cm³/mol. The first kappa shape index (κ1) is 27.8. The number of halogens is 5. The second-order valence-electron chi connectivity index (χ2n) is 7.79. The zero-order valence-electron chi connectivity index (χ0n) is 20.1. The molecule has 12 heteroatoms. The van der Waals surface area contributed by atoms with Crippen molar-refractivity contribution in [3.8, 4) is 11.4 Å². The van der Waals surface area contributed by atoms with Gasteiger partial charge in [0.1, 0.15) is 12.3 Å². The van der Waals surface area contributed by atoms with E-state index in [2.05, 4.69) is 32.7 Å². The molecule has 3 rings (SSSR count). The molecule has 2 aromatic heterocycles. The Morgan fingerprint density at radius 2 is 2.00 bits per heavy atom. The van der Waals surface area contributed by atoms with Gasteiger partial charge in [-0.3, -0.25) is 4.57 Å². The lowest BCUT2D eigenvalue weighted by Gasteiger charge is -2.19. The van der Waals surface area contributed by atoms with E-state index in [1.165, 1.54) is 17.8 Å². The van der Waals surface area contributed by atoms with Crippen LogP contribution in [0.5, 0.6) is 5.75 Å². The van der Waals surface area contributed by atoms with Gasteiger partial charge in [-0.2, -0.15) is 17.9 Å². The molecule has 2 heterocycles. The number of alkyl halides is 3. The molecule has 0 N–H and O–H groups in total. The highest BCUT2D eigenvalue weighted by Gasteiger charge is 2.38. The van der Waals surface area contributed by atoms with Crippen LogP contribution in [0, 0.1) is 3.57 Å². The molecule has 1 atom stereocenters. The van der Waals surface area contributed by atoms with Gasteiger partial charge in [0.15, 0.2) is 23.5 Å². The molecule has 0 unspecified atom stereocenters. The van der Waals surface area contributed by atoms with Crippen molar-refractivity contribution in [1.29, 1.82) is 0 Å². The van der Waals surface area contributed by atoms with Crippen molar-refractivity contribution in [2.75, 3.05) is 7.11 Å². The van der Waals surface area contributed by atoms with Gasteiger partial charge < -0.3 is 9.47 Å². The summed E-state index contributed by atoms with van der Waals surface area (Å²) in [4.78, 5) is 16.9. The largest absolute Gasteiger partial charge is 0.479 e. The van der Waals surface area contributed by atoms with Crippen LogP contribution in [0.2, 0.25) is 0 Å². The summed E-state index contributed by atoms with van der Waals surface area (Å²) in [6.45, 7) is 4.80. The Labute approximate surface area is 218 Å². The standard InChI is InChI=1S/C24H25F4IN4O3/c1-5-15-8-7-9-19(29)17(15)11-18(25)22-20(36-14(3)24(26,27)28)10-16(12-30-22)33-23(34)32(6-2)21(31-33)13-35-4/h7-12,14H,5-6,13H2,1-4H3/b18-11-/t14-/m0/s1. The minimum Gasteiger partial charge on any atom is -0.479 e. The number of ether oxygens (including phenoxy) is 2. The third-order valence-corrected chi connectivity index (χ3v) is 6.34. The monoisotopic (exact) mass is 620 g/mol. The van der Waals surface area contributed by atoms with E-state index in [-0.39, 0.29) is 12.3 Å². The van der Waals surface area contributed by atoms with Crippen molar-refractivity contribution in [3.05, 3.63) is 67.2 Å². The molecular weight excluding hydrogens is 595 g/mol. The number of rotatable bonds is 9. The summed E-state index contributed by atoms with van der Waals surface area (Å²) in [5.41, 5.74) is 0.519. The van der Waals surface area contributed by atoms with E-state index in [1.54, 1.807) is 13.0 Å². The zero-order chi connectivity index (χ0) is 26.6. The van der Waals surface area contributed by atoms with Gasteiger partial charge in [-0.25, -0.2) is 14.2 Å². The van der Waals surface area contributed by atoms with Gasteiger partial charge >= 0.3 is 11.9 Å². The third-order valence-electron chi connectivity index (χ3n) is 5.40.